The summed E-state index contributed by atoms with van der Waals surface area (Å²) in [5, 5.41) is 0.670. The molecule has 0 aromatic heterocycles. The average molecular weight is 367 g/mol. The van der Waals surface area contributed by atoms with E-state index in [0.717, 1.165) is 15.7 Å². The number of alkyl halides is 1. The van der Waals surface area contributed by atoms with Crippen molar-refractivity contribution in [2.45, 2.75) is 18.2 Å². The van der Waals surface area contributed by atoms with Crippen molar-refractivity contribution in [3.8, 4) is 0 Å². The molecule has 1 saturated heterocycles. The van der Waals surface area contributed by atoms with Crippen molar-refractivity contribution in [3.05, 3.63) is 27.2 Å². The summed E-state index contributed by atoms with van der Waals surface area (Å²) in [6.07, 6.45) is 0.549. The molecule has 1 fully saturated rings. The Morgan fingerprint density at radius 2 is 2.19 bits per heavy atom. The summed E-state index contributed by atoms with van der Waals surface area (Å²) in [5.74, 6) is 0.142. The van der Waals surface area contributed by atoms with Crippen LogP contribution in [0.2, 0.25) is 5.02 Å². The van der Waals surface area contributed by atoms with Crippen molar-refractivity contribution < 1.29 is 4.79 Å². The zero-order valence-electron chi connectivity index (χ0n) is 8.64. The van der Waals surface area contributed by atoms with Crippen LogP contribution in [-0.2, 0) is 4.79 Å². The van der Waals surface area contributed by atoms with Crippen molar-refractivity contribution in [3.63, 3.8) is 0 Å². The number of hydrogen-bond donors (Lipinski definition) is 0. The molecule has 1 atom stereocenters. The molecule has 0 aliphatic carbocycles. The van der Waals surface area contributed by atoms with Crippen molar-refractivity contribution in [1.82, 2.24) is 0 Å². The Morgan fingerprint density at radius 1 is 1.50 bits per heavy atom. The lowest BCUT2D eigenvalue weighted by Crippen LogP contribution is -2.25. The number of halogens is 3. The summed E-state index contributed by atoms with van der Waals surface area (Å²) in [6, 6.07) is 3.80. The molecule has 2 nitrogen and oxygen atoms in total. The lowest BCUT2D eigenvalue weighted by atomic mass is 10.2. The molecule has 1 aliphatic rings. The van der Waals surface area contributed by atoms with Gasteiger partial charge in [-0.1, -0.05) is 27.5 Å². The molecular formula is C11H10Br2ClNO. The van der Waals surface area contributed by atoms with Gasteiger partial charge in [-0.3, -0.25) is 4.79 Å². The Kier molecular flexibility index (Phi) is 3.62. The number of nitrogens with zero attached hydrogens (tertiary/aromatic N) is 1. The summed E-state index contributed by atoms with van der Waals surface area (Å²) in [7, 11) is 0. The molecule has 0 bridgehead atoms. The van der Waals surface area contributed by atoms with E-state index in [1.165, 1.54) is 0 Å². The van der Waals surface area contributed by atoms with Gasteiger partial charge >= 0.3 is 0 Å². The van der Waals surface area contributed by atoms with Crippen LogP contribution in [0.25, 0.3) is 0 Å². The zero-order valence-corrected chi connectivity index (χ0v) is 12.6. The maximum Gasteiger partial charge on any atom is 0.228 e. The molecule has 5 heteroatoms. The van der Waals surface area contributed by atoms with Crippen LogP contribution in [0.15, 0.2) is 16.6 Å². The van der Waals surface area contributed by atoms with Crippen LogP contribution in [0, 0.1) is 6.92 Å². The standard InChI is InChI=1S/C11H10Br2ClNO/c1-6-9(3-2-8(13)11(6)14)15-5-7(12)4-10(15)16/h2-3,7H,4-5H2,1H3. The Labute approximate surface area is 116 Å². The second-order valence-electron chi connectivity index (χ2n) is 3.81. The third-order valence-electron chi connectivity index (χ3n) is 2.68. The monoisotopic (exact) mass is 365 g/mol. The summed E-state index contributed by atoms with van der Waals surface area (Å²) < 4.78 is 0.859. The molecule has 1 aliphatic heterocycles. The summed E-state index contributed by atoms with van der Waals surface area (Å²) in [5.41, 5.74) is 1.84. The Morgan fingerprint density at radius 3 is 2.75 bits per heavy atom. The van der Waals surface area contributed by atoms with E-state index >= 15 is 0 Å². The molecule has 0 spiro atoms. The van der Waals surface area contributed by atoms with E-state index in [1.54, 1.807) is 4.90 Å². The van der Waals surface area contributed by atoms with Crippen molar-refractivity contribution in [2.24, 2.45) is 0 Å². The molecule has 1 amide bonds. The number of benzene rings is 1. The van der Waals surface area contributed by atoms with Gasteiger partial charge in [-0.25, -0.2) is 0 Å². The minimum absolute atomic E-state index is 0.142. The Bertz CT molecular complexity index is 450. The van der Waals surface area contributed by atoms with Crippen LogP contribution in [0.1, 0.15) is 12.0 Å². The summed E-state index contributed by atoms with van der Waals surface area (Å²) in [6.45, 7) is 2.63. The first-order valence-electron chi connectivity index (χ1n) is 4.89. The number of hydrogen-bond acceptors (Lipinski definition) is 1. The van der Waals surface area contributed by atoms with Gasteiger partial charge < -0.3 is 4.90 Å². The zero-order chi connectivity index (χ0) is 11.9. The SMILES string of the molecule is Cc1c(N2CC(Br)CC2=O)ccc(Br)c1Cl. The fraction of sp³-hybridized carbons (Fsp3) is 0.364. The van der Waals surface area contributed by atoms with Gasteiger partial charge in [-0.05, 0) is 40.5 Å². The van der Waals surface area contributed by atoms with E-state index in [1.807, 2.05) is 19.1 Å². The molecule has 16 heavy (non-hydrogen) atoms. The highest BCUT2D eigenvalue weighted by Crippen LogP contribution is 2.35. The minimum Gasteiger partial charge on any atom is -0.311 e. The molecule has 2 rings (SSSR count). The van der Waals surface area contributed by atoms with Crippen molar-refractivity contribution in [2.75, 3.05) is 11.4 Å². The number of carbonyl (C=O) groups is 1. The summed E-state index contributed by atoms with van der Waals surface area (Å²) in [4.78, 5) is 13.8. The lowest BCUT2D eigenvalue weighted by Gasteiger charge is -2.19. The molecule has 0 N–H and O–H groups in total. The van der Waals surface area contributed by atoms with E-state index < -0.39 is 0 Å². The average Bonchev–Trinajstić information content (AvgIpc) is 2.55. The van der Waals surface area contributed by atoms with E-state index in [2.05, 4.69) is 31.9 Å². The van der Waals surface area contributed by atoms with E-state index in [9.17, 15) is 4.79 Å². The third kappa shape index (κ3) is 2.15. The smallest absolute Gasteiger partial charge is 0.228 e. The highest BCUT2D eigenvalue weighted by molar-refractivity contribution is 9.10. The predicted molar refractivity (Wildman–Crippen MR) is 73.6 cm³/mol. The van der Waals surface area contributed by atoms with Crippen LogP contribution in [0.3, 0.4) is 0 Å². The lowest BCUT2D eigenvalue weighted by molar-refractivity contribution is -0.117. The van der Waals surface area contributed by atoms with Crippen molar-refractivity contribution in [1.29, 1.82) is 0 Å². The van der Waals surface area contributed by atoms with Gasteiger partial charge in [-0.2, -0.15) is 0 Å². The molecule has 1 heterocycles. The van der Waals surface area contributed by atoms with E-state index in [0.29, 0.717) is 18.0 Å². The maximum atomic E-state index is 11.8. The van der Waals surface area contributed by atoms with E-state index in [-0.39, 0.29) is 10.7 Å². The second kappa shape index (κ2) is 4.67. The normalized spacial score (nSPS) is 20.6. The van der Waals surface area contributed by atoms with Gasteiger partial charge in [0.1, 0.15) is 0 Å². The topological polar surface area (TPSA) is 20.3 Å². The van der Waals surface area contributed by atoms with Gasteiger partial charge in [0, 0.05) is 28.0 Å². The van der Waals surface area contributed by atoms with Crippen LogP contribution in [-0.4, -0.2) is 17.3 Å². The van der Waals surface area contributed by atoms with Crippen LogP contribution in [0.5, 0.6) is 0 Å². The van der Waals surface area contributed by atoms with Gasteiger partial charge in [-0.15, -0.1) is 0 Å². The number of carbonyl (C=O) groups excluding carboxylic acids is 1. The predicted octanol–water partition coefficient (Wildman–Crippen LogP) is 3.91. The fourth-order valence-corrected chi connectivity index (χ4v) is 2.99. The molecule has 0 radical (unpaired) electrons. The summed E-state index contributed by atoms with van der Waals surface area (Å²) >= 11 is 13.0. The molecular weight excluding hydrogens is 357 g/mol. The fourth-order valence-electron chi connectivity index (χ4n) is 1.83. The van der Waals surface area contributed by atoms with E-state index in [4.69, 9.17) is 11.6 Å². The number of rotatable bonds is 1. The van der Waals surface area contributed by atoms with Crippen molar-refractivity contribution >= 4 is 55.1 Å². The Hall–Kier alpha value is -0.0600. The van der Waals surface area contributed by atoms with Gasteiger partial charge in [0.2, 0.25) is 5.91 Å². The number of anilines is 1. The highest BCUT2D eigenvalue weighted by atomic mass is 79.9. The minimum atomic E-state index is 0.142. The second-order valence-corrected chi connectivity index (χ2v) is 6.34. The maximum absolute atomic E-state index is 11.8. The quantitative estimate of drug-likeness (QED) is 0.689. The molecule has 1 unspecified atom stereocenters. The molecule has 1 aromatic carbocycles. The Balaban J connectivity index is 2.42. The van der Waals surface area contributed by atoms with Gasteiger partial charge in [0.15, 0.2) is 0 Å². The highest BCUT2D eigenvalue weighted by Gasteiger charge is 2.30. The molecule has 86 valence electrons. The molecule has 0 saturated carbocycles. The third-order valence-corrected chi connectivity index (χ3v) is 4.67. The largest absolute Gasteiger partial charge is 0.311 e. The van der Waals surface area contributed by atoms with Gasteiger partial charge in [0.05, 0.1) is 5.02 Å². The van der Waals surface area contributed by atoms with Crippen LogP contribution < -0.4 is 4.90 Å². The molecule has 1 aromatic rings. The first-order chi connectivity index (χ1) is 7.50. The first kappa shape index (κ1) is 12.4. The number of amides is 1. The van der Waals surface area contributed by atoms with Gasteiger partial charge in [0.25, 0.3) is 0 Å². The first-order valence-corrected chi connectivity index (χ1v) is 6.98. The van der Waals surface area contributed by atoms with Crippen LogP contribution in [0.4, 0.5) is 5.69 Å². The van der Waals surface area contributed by atoms with Crippen LogP contribution >= 0.6 is 43.5 Å².